The zero-order valence-corrected chi connectivity index (χ0v) is 11.1. The summed E-state index contributed by atoms with van der Waals surface area (Å²) < 4.78 is 0. The average Bonchev–Trinajstić information content (AvgIpc) is 2.28. The van der Waals surface area contributed by atoms with Crippen LogP contribution in [0.5, 0.6) is 0 Å². The number of anilines is 2. The van der Waals surface area contributed by atoms with Gasteiger partial charge in [0, 0.05) is 30.5 Å². The topological polar surface area (TPSA) is 32.5 Å². The second kappa shape index (κ2) is 4.96. The molecule has 3 heteroatoms. The predicted molar refractivity (Wildman–Crippen MR) is 74.5 cm³/mol. The van der Waals surface area contributed by atoms with E-state index < -0.39 is 0 Å². The van der Waals surface area contributed by atoms with Crippen LogP contribution in [-0.2, 0) is 0 Å². The van der Waals surface area contributed by atoms with Gasteiger partial charge in [-0.25, -0.2) is 0 Å². The largest absolute Gasteiger partial charge is 0.399 e. The van der Waals surface area contributed by atoms with Crippen LogP contribution in [0.25, 0.3) is 0 Å². The second-order valence-corrected chi connectivity index (χ2v) is 5.28. The summed E-state index contributed by atoms with van der Waals surface area (Å²) in [6.07, 6.45) is 2.47. The number of hydrogen-bond donors (Lipinski definition) is 1. The number of hydrogen-bond acceptors (Lipinski definition) is 3. The van der Waals surface area contributed by atoms with E-state index in [9.17, 15) is 0 Å². The van der Waals surface area contributed by atoms with Gasteiger partial charge < -0.3 is 15.5 Å². The minimum absolute atomic E-state index is 0.730. The molecule has 2 rings (SSSR count). The van der Waals surface area contributed by atoms with Crippen molar-refractivity contribution in [3.05, 3.63) is 23.8 Å². The predicted octanol–water partition coefficient (Wildman–Crippen LogP) is 2.11. The van der Waals surface area contributed by atoms with Crippen molar-refractivity contribution in [3.8, 4) is 0 Å². The number of aryl methyl sites for hydroxylation is 1. The molecular formula is C14H23N3. The van der Waals surface area contributed by atoms with Crippen molar-refractivity contribution >= 4 is 11.4 Å². The third kappa shape index (κ3) is 2.91. The van der Waals surface area contributed by atoms with Crippen LogP contribution in [0.4, 0.5) is 11.4 Å². The van der Waals surface area contributed by atoms with Crippen molar-refractivity contribution in [1.29, 1.82) is 0 Å². The zero-order chi connectivity index (χ0) is 12.4. The van der Waals surface area contributed by atoms with E-state index in [0.29, 0.717) is 0 Å². The summed E-state index contributed by atoms with van der Waals surface area (Å²) in [5, 5.41) is 0. The molecule has 0 atom stereocenters. The van der Waals surface area contributed by atoms with E-state index in [0.717, 1.165) is 24.8 Å². The fourth-order valence-corrected chi connectivity index (χ4v) is 2.61. The van der Waals surface area contributed by atoms with Crippen LogP contribution in [0.1, 0.15) is 18.4 Å². The molecule has 2 N–H and O–H groups in total. The minimum Gasteiger partial charge on any atom is -0.399 e. The molecule has 0 aliphatic carbocycles. The van der Waals surface area contributed by atoms with Gasteiger partial charge in [0.2, 0.25) is 0 Å². The summed E-state index contributed by atoms with van der Waals surface area (Å²) >= 11 is 0. The Kier molecular flexibility index (Phi) is 3.57. The van der Waals surface area contributed by atoms with Crippen LogP contribution < -0.4 is 10.6 Å². The van der Waals surface area contributed by atoms with Crippen LogP contribution in [0.3, 0.4) is 0 Å². The summed E-state index contributed by atoms with van der Waals surface area (Å²) in [4.78, 5) is 4.78. The van der Waals surface area contributed by atoms with Crippen molar-refractivity contribution in [2.45, 2.75) is 25.8 Å². The summed E-state index contributed by atoms with van der Waals surface area (Å²) in [5.41, 5.74) is 9.30. The van der Waals surface area contributed by atoms with Crippen LogP contribution in [-0.4, -0.2) is 38.1 Å². The van der Waals surface area contributed by atoms with Gasteiger partial charge in [-0.2, -0.15) is 0 Å². The molecule has 94 valence electrons. The Bertz CT molecular complexity index is 359. The zero-order valence-electron chi connectivity index (χ0n) is 11.1. The first-order valence-corrected chi connectivity index (χ1v) is 6.35. The van der Waals surface area contributed by atoms with Crippen molar-refractivity contribution in [2.75, 3.05) is 37.8 Å². The maximum Gasteiger partial charge on any atom is 0.0389 e. The third-order valence-corrected chi connectivity index (χ3v) is 3.64. The molecule has 0 unspecified atom stereocenters. The summed E-state index contributed by atoms with van der Waals surface area (Å²) in [6.45, 7) is 4.36. The molecule has 0 saturated carbocycles. The number of nitrogens with two attached hydrogens (primary N) is 1. The fraction of sp³-hybridized carbons (Fsp3) is 0.571. The van der Waals surface area contributed by atoms with Crippen LogP contribution >= 0.6 is 0 Å². The van der Waals surface area contributed by atoms with Crippen LogP contribution in [0, 0.1) is 6.92 Å². The Hall–Kier alpha value is -1.22. The molecule has 0 spiro atoms. The highest BCUT2D eigenvalue weighted by molar-refractivity contribution is 5.58. The molecule has 0 radical (unpaired) electrons. The Labute approximate surface area is 104 Å². The first-order valence-electron chi connectivity index (χ1n) is 6.35. The highest BCUT2D eigenvalue weighted by atomic mass is 15.2. The lowest BCUT2D eigenvalue weighted by molar-refractivity contribution is 0.249. The number of piperidine rings is 1. The molecule has 1 aliphatic heterocycles. The molecule has 1 aromatic carbocycles. The van der Waals surface area contributed by atoms with Crippen molar-refractivity contribution < 1.29 is 0 Å². The van der Waals surface area contributed by atoms with Crippen molar-refractivity contribution in [3.63, 3.8) is 0 Å². The minimum atomic E-state index is 0.730. The average molecular weight is 233 g/mol. The molecule has 17 heavy (non-hydrogen) atoms. The van der Waals surface area contributed by atoms with Gasteiger partial charge in [0.1, 0.15) is 0 Å². The third-order valence-electron chi connectivity index (χ3n) is 3.64. The fourth-order valence-electron chi connectivity index (χ4n) is 2.61. The summed E-state index contributed by atoms with van der Waals surface area (Å²) in [6, 6.07) is 7.07. The smallest absolute Gasteiger partial charge is 0.0389 e. The maximum atomic E-state index is 5.91. The molecule has 3 nitrogen and oxygen atoms in total. The first kappa shape index (κ1) is 12.2. The summed E-state index contributed by atoms with van der Waals surface area (Å²) in [5.74, 6) is 0. The van der Waals surface area contributed by atoms with Crippen molar-refractivity contribution in [2.24, 2.45) is 0 Å². The van der Waals surface area contributed by atoms with E-state index >= 15 is 0 Å². The van der Waals surface area contributed by atoms with Gasteiger partial charge in [-0.3, -0.25) is 0 Å². The van der Waals surface area contributed by atoms with Gasteiger partial charge in [-0.1, -0.05) is 0 Å². The number of nitrogen functional groups attached to an aromatic ring is 1. The Morgan fingerprint density at radius 3 is 2.35 bits per heavy atom. The molecular weight excluding hydrogens is 210 g/mol. The standard InChI is InChI=1S/C14H23N3/c1-11-8-12(15)10-14(9-11)17-6-4-13(5-7-17)16(2)3/h8-10,13H,4-7,15H2,1-3H3. The summed E-state index contributed by atoms with van der Waals surface area (Å²) in [7, 11) is 4.34. The number of benzene rings is 1. The van der Waals surface area contributed by atoms with E-state index in [1.165, 1.54) is 24.1 Å². The van der Waals surface area contributed by atoms with E-state index in [4.69, 9.17) is 5.73 Å². The molecule has 1 fully saturated rings. The molecule has 1 saturated heterocycles. The molecule has 1 heterocycles. The lowest BCUT2D eigenvalue weighted by Crippen LogP contribution is -2.42. The van der Waals surface area contributed by atoms with E-state index in [1.54, 1.807) is 0 Å². The van der Waals surface area contributed by atoms with Gasteiger partial charge in [-0.05, 0) is 57.6 Å². The van der Waals surface area contributed by atoms with Crippen LogP contribution in [0.2, 0.25) is 0 Å². The highest BCUT2D eigenvalue weighted by Gasteiger charge is 2.20. The molecule has 0 bridgehead atoms. The van der Waals surface area contributed by atoms with E-state index in [-0.39, 0.29) is 0 Å². The molecule has 0 amide bonds. The maximum absolute atomic E-state index is 5.91. The Morgan fingerprint density at radius 1 is 1.18 bits per heavy atom. The van der Waals surface area contributed by atoms with Gasteiger partial charge in [0.25, 0.3) is 0 Å². The van der Waals surface area contributed by atoms with Gasteiger partial charge in [-0.15, -0.1) is 0 Å². The molecule has 0 aromatic heterocycles. The number of nitrogens with zero attached hydrogens (tertiary/aromatic N) is 2. The van der Waals surface area contributed by atoms with Gasteiger partial charge in [0.05, 0.1) is 0 Å². The van der Waals surface area contributed by atoms with E-state index in [2.05, 4.69) is 43.0 Å². The quantitative estimate of drug-likeness (QED) is 0.794. The van der Waals surface area contributed by atoms with Gasteiger partial charge in [0.15, 0.2) is 0 Å². The van der Waals surface area contributed by atoms with Crippen LogP contribution in [0.15, 0.2) is 18.2 Å². The van der Waals surface area contributed by atoms with Gasteiger partial charge >= 0.3 is 0 Å². The normalized spacial score (nSPS) is 17.8. The Morgan fingerprint density at radius 2 is 1.82 bits per heavy atom. The van der Waals surface area contributed by atoms with Crippen molar-refractivity contribution in [1.82, 2.24) is 4.90 Å². The SMILES string of the molecule is Cc1cc(N)cc(N2CCC(N(C)C)CC2)c1. The van der Waals surface area contributed by atoms with E-state index in [1.807, 2.05) is 6.07 Å². The second-order valence-electron chi connectivity index (χ2n) is 5.28. The number of rotatable bonds is 2. The molecule has 1 aromatic rings. The monoisotopic (exact) mass is 233 g/mol. The molecule has 1 aliphatic rings. The lowest BCUT2D eigenvalue weighted by atomic mass is 10.0. The highest BCUT2D eigenvalue weighted by Crippen LogP contribution is 2.24. The Balaban J connectivity index is 2.05. The first-order chi connectivity index (χ1) is 8.06. The lowest BCUT2D eigenvalue weighted by Gasteiger charge is -2.36.